The predicted octanol–water partition coefficient (Wildman–Crippen LogP) is 1.96. The molecule has 3 nitrogen and oxygen atoms in total. The molecule has 0 saturated carbocycles. The Bertz CT molecular complexity index is 428. The van der Waals surface area contributed by atoms with Gasteiger partial charge in [0.2, 0.25) is 0 Å². The lowest BCUT2D eigenvalue weighted by molar-refractivity contribution is 0.0798. The van der Waals surface area contributed by atoms with Gasteiger partial charge in [-0.25, -0.2) is 0 Å². The fourth-order valence-electron chi connectivity index (χ4n) is 1.33. The Balaban J connectivity index is 2.66. The van der Waals surface area contributed by atoms with E-state index in [0.717, 1.165) is 24.3 Å². The molecule has 0 saturated heterocycles. The number of carbonyl (C=O) groups excluding carboxylic acids is 1. The van der Waals surface area contributed by atoms with Crippen molar-refractivity contribution in [2.75, 3.05) is 20.2 Å². The largest absolute Gasteiger partial charge is 0.384 e. The first-order valence-corrected chi connectivity index (χ1v) is 6.45. The van der Waals surface area contributed by atoms with E-state index in [2.05, 4.69) is 18.8 Å². The van der Waals surface area contributed by atoms with Crippen molar-refractivity contribution in [3.05, 3.63) is 21.9 Å². The molecule has 1 rings (SSSR count). The van der Waals surface area contributed by atoms with Gasteiger partial charge in [0.1, 0.15) is 6.61 Å². The first-order chi connectivity index (χ1) is 8.19. The molecule has 4 heteroatoms. The van der Waals surface area contributed by atoms with Crippen LogP contribution in [0.3, 0.4) is 0 Å². The molecule has 1 aromatic heterocycles. The van der Waals surface area contributed by atoms with Crippen LogP contribution in [0.25, 0.3) is 0 Å². The smallest absolute Gasteiger partial charge is 0.263 e. The maximum atomic E-state index is 12.0. The number of hydrogen-bond donors (Lipinski definition) is 1. The molecule has 0 aliphatic carbocycles. The normalized spacial score (nSPS) is 9.59. The van der Waals surface area contributed by atoms with Crippen molar-refractivity contribution in [1.82, 2.24) is 4.90 Å². The van der Waals surface area contributed by atoms with Crippen molar-refractivity contribution in [2.45, 2.75) is 19.8 Å². The summed E-state index contributed by atoms with van der Waals surface area (Å²) in [7, 11) is 1.82. The number of unbranched alkanes of at least 4 members (excludes halogenated alkanes) is 1. The number of aliphatic hydroxyl groups is 1. The van der Waals surface area contributed by atoms with Gasteiger partial charge in [0, 0.05) is 13.6 Å². The monoisotopic (exact) mass is 251 g/mol. The lowest BCUT2D eigenvalue weighted by Crippen LogP contribution is -2.26. The third kappa shape index (κ3) is 4.22. The molecule has 0 aliphatic rings. The Labute approximate surface area is 106 Å². The fourth-order valence-corrected chi connectivity index (χ4v) is 2.21. The van der Waals surface area contributed by atoms with Gasteiger partial charge in [-0.3, -0.25) is 4.79 Å². The summed E-state index contributed by atoms with van der Waals surface area (Å²) < 4.78 is 0. The van der Waals surface area contributed by atoms with E-state index < -0.39 is 0 Å². The molecule has 0 aliphatic heterocycles. The highest BCUT2D eigenvalue weighted by Crippen LogP contribution is 2.17. The molecule has 0 atom stereocenters. The van der Waals surface area contributed by atoms with E-state index in [0.29, 0.717) is 4.88 Å². The highest BCUT2D eigenvalue weighted by atomic mass is 32.1. The minimum absolute atomic E-state index is 0.0421. The minimum atomic E-state index is -0.155. The average Bonchev–Trinajstić information content (AvgIpc) is 2.81. The number of thiophene rings is 1. The van der Waals surface area contributed by atoms with Crippen LogP contribution in [0.1, 0.15) is 34.3 Å². The van der Waals surface area contributed by atoms with Crippen molar-refractivity contribution >= 4 is 17.2 Å². The van der Waals surface area contributed by atoms with Gasteiger partial charge in [-0.15, -0.1) is 11.3 Å². The van der Waals surface area contributed by atoms with Crippen LogP contribution in [0.4, 0.5) is 0 Å². The molecule has 0 radical (unpaired) electrons. The molecule has 17 heavy (non-hydrogen) atoms. The Morgan fingerprint density at radius 2 is 2.29 bits per heavy atom. The highest BCUT2D eigenvalue weighted by Gasteiger charge is 2.12. The van der Waals surface area contributed by atoms with Gasteiger partial charge >= 0.3 is 0 Å². The summed E-state index contributed by atoms with van der Waals surface area (Å²) in [5.41, 5.74) is 0. The van der Waals surface area contributed by atoms with Crippen molar-refractivity contribution in [1.29, 1.82) is 0 Å². The molecule has 0 unspecified atom stereocenters. The number of hydrogen-bond acceptors (Lipinski definition) is 3. The summed E-state index contributed by atoms with van der Waals surface area (Å²) in [6, 6.07) is 3.60. The lowest BCUT2D eigenvalue weighted by atomic mass is 10.3. The zero-order valence-corrected chi connectivity index (χ0v) is 11.0. The number of amides is 1. The van der Waals surface area contributed by atoms with Gasteiger partial charge in [0.15, 0.2) is 0 Å². The van der Waals surface area contributed by atoms with Crippen LogP contribution in [0, 0.1) is 11.8 Å². The molecular formula is C13H17NO2S. The molecule has 1 amide bonds. The maximum Gasteiger partial charge on any atom is 0.263 e. The van der Waals surface area contributed by atoms with Crippen LogP contribution in [-0.4, -0.2) is 36.1 Å². The molecule has 1 heterocycles. The van der Waals surface area contributed by atoms with Crippen LogP contribution in [-0.2, 0) is 0 Å². The van der Waals surface area contributed by atoms with Crippen molar-refractivity contribution in [3.8, 4) is 11.8 Å². The first-order valence-electron chi connectivity index (χ1n) is 5.64. The molecule has 0 aromatic carbocycles. The maximum absolute atomic E-state index is 12.0. The first kappa shape index (κ1) is 13.8. The van der Waals surface area contributed by atoms with Gasteiger partial charge in [-0.1, -0.05) is 25.2 Å². The molecule has 0 bridgehead atoms. The van der Waals surface area contributed by atoms with E-state index in [1.165, 1.54) is 11.3 Å². The molecule has 92 valence electrons. The van der Waals surface area contributed by atoms with E-state index in [9.17, 15) is 4.79 Å². The molecule has 1 N–H and O–H groups in total. The summed E-state index contributed by atoms with van der Waals surface area (Å²) in [6.45, 7) is 2.73. The average molecular weight is 251 g/mol. The Morgan fingerprint density at radius 3 is 2.94 bits per heavy atom. The SMILES string of the molecule is CCCCN(C)C(=O)c1ccc(C#CCO)s1. The fraction of sp³-hybridized carbons (Fsp3) is 0.462. The van der Waals surface area contributed by atoms with Gasteiger partial charge in [-0.2, -0.15) is 0 Å². The second-order valence-corrected chi connectivity index (χ2v) is 4.79. The van der Waals surface area contributed by atoms with Gasteiger partial charge < -0.3 is 10.0 Å². The van der Waals surface area contributed by atoms with E-state index in [4.69, 9.17) is 5.11 Å². The summed E-state index contributed by atoms with van der Waals surface area (Å²) in [4.78, 5) is 15.2. The van der Waals surface area contributed by atoms with Crippen LogP contribution < -0.4 is 0 Å². The molecule has 0 fully saturated rings. The topological polar surface area (TPSA) is 40.5 Å². The lowest BCUT2D eigenvalue weighted by Gasteiger charge is -2.15. The predicted molar refractivity (Wildman–Crippen MR) is 70.2 cm³/mol. The van der Waals surface area contributed by atoms with E-state index >= 15 is 0 Å². The Hall–Kier alpha value is -1.31. The Morgan fingerprint density at radius 1 is 1.53 bits per heavy atom. The third-order valence-electron chi connectivity index (χ3n) is 2.30. The number of aliphatic hydroxyl groups excluding tert-OH is 1. The van der Waals surface area contributed by atoms with E-state index in [1.54, 1.807) is 11.0 Å². The number of nitrogens with zero attached hydrogens (tertiary/aromatic N) is 1. The summed E-state index contributed by atoms with van der Waals surface area (Å²) in [5, 5.41) is 8.58. The van der Waals surface area contributed by atoms with Crippen molar-refractivity contribution in [3.63, 3.8) is 0 Å². The molecular weight excluding hydrogens is 234 g/mol. The van der Waals surface area contributed by atoms with Gasteiger partial charge in [0.25, 0.3) is 5.91 Å². The minimum Gasteiger partial charge on any atom is -0.384 e. The molecule has 0 spiro atoms. The highest BCUT2D eigenvalue weighted by molar-refractivity contribution is 7.14. The summed E-state index contributed by atoms with van der Waals surface area (Å²) in [5.74, 6) is 5.41. The molecule has 1 aromatic rings. The van der Waals surface area contributed by atoms with Crippen LogP contribution in [0.5, 0.6) is 0 Å². The quantitative estimate of drug-likeness (QED) is 0.831. The van der Waals surface area contributed by atoms with Crippen molar-refractivity contribution in [2.24, 2.45) is 0 Å². The van der Waals surface area contributed by atoms with Crippen LogP contribution in [0.2, 0.25) is 0 Å². The standard InChI is InChI=1S/C13H17NO2S/c1-3-4-9-14(2)13(16)12-8-7-11(17-12)6-5-10-15/h7-8,15H,3-4,9-10H2,1-2H3. The number of rotatable bonds is 4. The van der Waals surface area contributed by atoms with E-state index in [1.807, 2.05) is 13.1 Å². The van der Waals surface area contributed by atoms with Gasteiger partial charge in [-0.05, 0) is 18.6 Å². The van der Waals surface area contributed by atoms with E-state index in [-0.39, 0.29) is 12.5 Å². The Kier molecular flexibility index (Phi) is 5.75. The number of carbonyl (C=O) groups is 1. The van der Waals surface area contributed by atoms with Crippen LogP contribution >= 0.6 is 11.3 Å². The zero-order chi connectivity index (χ0) is 12.7. The second-order valence-electron chi connectivity index (χ2n) is 3.70. The summed E-state index contributed by atoms with van der Waals surface area (Å²) in [6.07, 6.45) is 2.10. The van der Waals surface area contributed by atoms with Crippen LogP contribution in [0.15, 0.2) is 12.1 Å². The zero-order valence-electron chi connectivity index (χ0n) is 10.2. The van der Waals surface area contributed by atoms with Crippen molar-refractivity contribution < 1.29 is 9.90 Å². The second kappa shape index (κ2) is 7.10. The third-order valence-corrected chi connectivity index (χ3v) is 3.29. The van der Waals surface area contributed by atoms with Gasteiger partial charge in [0.05, 0.1) is 9.75 Å². The summed E-state index contributed by atoms with van der Waals surface area (Å²) >= 11 is 1.37.